The van der Waals surface area contributed by atoms with Crippen molar-refractivity contribution in [1.82, 2.24) is 14.3 Å². The first-order valence-corrected chi connectivity index (χ1v) is 8.82. The number of sulfonamides is 1. The van der Waals surface area contributed by atoms with Crippen LogP contribution in [0, 0.1) is 0 Å². The second-order valence-corrected chi connectivity index (χ2v) is 7.05. The third kappa shape index (κ3) is 3.60. The van der Waals surface area contributed by atoms with E-state index in [2.05, 4.69) is 27.2 Å². The molecule has 0 spiro atoms. The Bertz CT molecular complexity index is 583. The van der Waals surface area contributed by atoms with Crippen molar-refractivity contribution in [2.75, 3.05) is 42.8 Å². The topological polar surface area (TPSA) is 104 Å². The Morgan fingerprint density at radius 3 is 2.48 bits per heavy atom. The number of nitrogens with two attached hydrogens (primary N) is 1. The Hall–Kier alpha value is -1.45. The van der Waals surface area contributed by atoms with Crippen LogP contribution in [0.1, 0.15) is 18.9 Å². The van der Waals surface area contributed by atoms with Gasteiger partial charge in [0.25, 0.3) is 0 Å². The van der Waals surface area contributed by atoms with Crippen LogP contribution < -0.4 is 16.2 Å². The van der Waals surface area contributed by atoms with Gasteiger partial charge in [0.05, 0.1) is 6.26 Å². The second kappa shape index (κ2) is 6.54. The molecule has 9 heteroatoms. The van der Waals surface area contributed by atoms with Gasteiger partial charge in [-0.05, 0) is 6.42 Å². The van der Waals surface area contributed by atoms with Gasteiger partial charge in [0.2, 0.25) is 10.0 Å². The number of hydrogen-bond donors (Lipinski definition) is 2. The molecule has 1 aliphatic rings. The highest BCUT2D eigenvalue weighted by atomic mass is 32.2. The molecule has 1 aliphatic heterocycles. The van der Waals surface area contributed by atoms with Crippen molar-refractivity contribution in [3.05, 3.63) is 11.9 Å². The first-order chi connectivity index (χ1) is 9.97. The molecule has 0 amide bonds. The smallest absolute Gasteiger partial charge is 0.211 e. The van der Waals surface area contributed by atoms with Crippen molar-refractivity contribution in [3.63, 3.8) is 0 Å². The minimum atomic E-state index is -3.12. The third-order valence-corrected chi connectivity index (χ3v) is 4.87. The van der Waals surface area contributed by atoms with Gasteiger partial charge in [-0.3, -0.25) is 0 Å². The van der Waals surface area contributed by atoms with E-state index in [0.29, 0.717) is 32.0 Å². The van der Waals surface area contributed by atoms with E-state index in [4.69, 9.17) is 5.84 Å². The molecule has 1 aromatic heterocycles. The average Bonchev–Trinajstić information content (AvgIpc) is 2.47. The lowest BCUT2D eigenvalue weighted by Crippen LogP contribution is -2.48. The molecule has 0 aromatic carbocycles. The van der Waals surface area contributed by atoms with E-state index < -0.39 is 10.0 Å². The zero-order chi connectivity index (χ0) is 15.5. The molecular formula is C12H22N6O2S. The molecule has 3 N–H and O–H groups in total. The van der Waals surface area contributed by atoms with E-state index in [1.807, 2.05) is 0 Å². The zero-order valence-corrected chi connectivity index (χ0v) is 13.2. The van der Waals surface area contributed by atoms with Gasteiger partial charge in [0, 0.05) is 31.7 Å². The average molecular weight is 314 g/mol. The fourth-order valence-electron chi connectivity index (χ4n) is 2.51. The van der Waals surface area contributed by atoms with Crippen molar-refractivity contribution in [2.24, 2.45) is 5.84 Å². The number of nitrogen functional groups attached to an aromatic ring is 1. The highest BCUT2D eigenvalue weighted by Gasteiger charge is 2.26. The fraction of sp³-hybridized carbons (Fsp3) is 0.667. The zero-order valence-electron chi connectivity index (χ0n) is 12.4. The van der Waals surface area contributed by atoms with Crippen LogP contribution in [-0.2, 0) is 16.4 Å². The van der Waals surface area contributed by atoms with Gasteiger partial charge in [-0.15, -0.1) is 0 Å². The Morgan fingerprint density at radius 1 is 1.29 bits per heavy atom. The maximum absolute atomic E-state index is 11.6. The van der Waals surface area contributed by atoms with Crippen molar-refractivity contribution < 1.29 is 8.42 Å². The molecule has 0 unspecified atom stereocenters. The summed E-state index contributed by atoms with van der Waals surface area (Å²) in [5.41, 5.74) is 3.59. The fourth-order valence-corrected chi connectivity index (χ4v) is 3.34. The van der Waals surface area contributed by atoms with Crippen LogP contribution in [0.4, 0.5) is 11.6 Å². The lowest BCUT2D eigenvalue weighted by molar-refractivity contribution is 0.386. The summed E-state index contributed by atoms with van der Waals surface area (Å²) in [6, 6.07) is 0. The van der Waals surface area contributed by atoms with Gasteiger partial charge in [0.15, 0.2) is 0 Å². The van der Waals surface area contributed by atoms with E-state index in [1.54, 1.807) is 0 Å². The number of aromatic nitrogens is 2. The SMILES string of the molecule is CCCc1c(NN)ncnc1N1CCN(S(C)(=O)=O)CC1. The Labute approximate surface area is 125 Å². The monoisotopic (exact) mass is 314 g/mol. The van der Waals surface area contributed by atoms with Gasteiger partial charge in [-0.2, -0.15) is 4.31 Å². The lowest BCUT2D eigenvalue weighted by Gasteiger charge is -2.35. The highest BCUT2D eigenvalue weighted by Crippen LogP contribution is 2.25. The van der Waals surface area contributed by atoms with Gasteiger partial charge in [-0.25, -0.2) is 24.2 Å². The minimum absolute atomic E-state index is 0.472. The molecule has 21 heavy (non-hydrogen) atoms. The van der Waals surface area contributed by atoms with Gasteiger partial charge in [0.1, 0.15) is 18.0 Å². The highest BCUT2D eigenvalue weighted by molar-refractivity contribution is 7.88. The Kier molecular flexibility index (Phi) is 4.96. The van der Waals surface area contributed by atoms with Crippen LogP contribution in [-0.4, -0.2) is 55.1 Å². The molecule has 0 bridgehead atoms. The predicted octanol–water partition coefficient (Wildman–Crippen LogP) is -0.204. The van der Waals surface area contributed by atoms with Crippen molar-refractivity contribution in [3.8, 4) is 0 Å². The van der Waals surface area contributed by atoms with Gasteiger partial charge < -0.3 is 10.3 Å². The summed E-state index contributed by atoms with van der Waals surface area (Å²) in [6.45, 7) is 4.26. The Morgan fingerprint density at radius 2 is 1.95 bits per heavy atom. The maximum atomic E-state index is 11.6. The molecule has 0 aliphatic carbocycles. The summed E-state index contributed by atoms with van der Waals surface area (Å²) in [5, 5.41) is 0. The summed E-state index contributed by atoms with van der Waals surface area (Å²) >= 11 is 0. The molecule has 1 saturated heterocycles. The summed E-state index contributed by atoms with van der Waals surface area (Å²) in [7, 11) is -3.12. The van der Waals surface area contributed by atoms with Crippen LogP contribution in [0.5, 0.6) is 0 Å². The largest absolute Gasteiger partial charge is 0.354 e. The number of hydrazine groups is 1. The first-order valence-electron chi connectivity index (χ1n) is 6.98. The first kappa shape index (κ1) is 15.9. The number of nitrogens with zero attached hydrogens (tertiary/aromatic N) is 4. The molecule has 1 aromatic rings. The number of rotatable bonds is 5. The van der Waals surface area contributed by atoms with E-state index in [-0.39, 0.29) is 0 Å². The van der Waals surface area contributed by atoms with Crippen LogP contribution >= 0.6 is 0 Å². The van der Waals surface area contributed by atoms with Crippen LogP contribution in [0.2, 0.25) is 0 Å². The maximum Gasteiger partial charge on any atom is 0.211 e. The van der Waals surface area contributed by atoms with E-state index >= 15 is 0 Å². The molecule has 1 fully saturated rings. The quantitative estimate of drug-likeness (QED) is 0.572. The molecule has 0 atom stereocenters. The molecule has 0 saturated carbocycles. The molecule has 2 rings (SSSR count). The van der Waals surface area contributed by atoms with E-state index in [9.17, 15) is 8.42 Å². The molecular weight excluding hydrogens is 292 g/mol. The molecule has 8 nitrogen and oxygen atoms in total. The molecule has 118 valence electrons. The van der Waals surface area contributed by atoms with E-state index in [0.717, 1.165) is 24.2 Å². The van der Waals surface area contributed by atoms with Crippen LogP contribution in [0.3, 0.4) is 0 Å². The van der Waals surface area contributed by atoms with Crippen LogP contribution in [0.25, 0.3) is 0 Å². The van der Waals surface area contributed by atoms with Crippen molar-refractivity contribution in [1.29, 1.82) is 0 Å². The number of nitrogens with one attached hydrogen (secondary N) is 1. The number of piperazine rings is 1. The summed E-state index contributed by atoms with van der Waals surface area (Å²) in [6.07, 6.45) is 4.50. The van der Waals surface area contributed by atoms with Crippen molar-refractivity contribution in [2.45, 2.75) is 19.8 Å². The number of hydrogen-bond acceptors (Lipinski definition) is 7. The van der Waals surface area contributed by atoms with Gasteiger partial charge >= 0.3 is 0 Å². The Balaban J connectivity index is 2.20. The van der Waals surface area contributed by atoms with Crippen molar-refractivity contribution >= 4 is 21.7 Å². The summed E-state index contributed by atoms with van der Waals surface area (Å²) in [5.74, 6) is 6.98. The van der Waals surface area contributed by atoms with Crippen LogP contribution in [0.15, 0.2) is 6.33 Å². The predicted molar refractivity (Wildman–Crippen MR) is 82.5 cm³/mol. The second-order valence-electron chi connectivity index (χ2n) is 5.07. The van der Waals surface area contributed by atoms with E-state index in [1.165, 1.54) is 16.9 Å². The molecule has 0 radical (unpaired) electrons. The minimum Gasteiger partial charge on any atom is -0.354 e. The summed E-state index contributed by atoms with van der Waals surface area (Å²) < 4.78 is 24.6. The normalized spacial score (nSPS) is 17.0. The molecule has 2 heterocycles. The standard InChI is InChI=1S/C12H22N6O2S/c1-3-4-10-11(16-13)14-9-15-12(10)17-5-7-18(8-6-17)21(2,19)20/h9H,3-8,13H2,1-2H3,(H,14,15,16). The number of anilines is 2. The van der Waals surface area contributed by atoms with Gasteiger partial charge in [-0.1, -0.05) is 13.3 Å². The third-order valence-electron chi connectivity index (χ3n) is 3.57. The summed E-state index contributed by atoms with van der Waals surface area (Å²) in [4.78, 5) is 10.6. The lowest BCUT2D eigenvalue weighted by atomic mass is 10.1.